The van der Waals surface area contributed by atoms with Crippen LogP contribution in [0.3, 0.4) is 0 Å². The van der Waals surface area contributed by atoms with Gasteiger partial charge in [0.1, 0.15) is 5.76 Å². The van der Waals surface area contributed by atoms with Crippen molar-refractivity contribution in [2.45, 2.75) is 38.2 Å². The third-order valence-corrected chi connectivity index (χ3v) is 3.44. The number of hydrogen-bond donors (Lipinski definition) is 0. The number of carbonyl (C=O) groups excluding carboxylic acids is 1. The summed E-state index contributed by atoms with van der Waals surface area (Å²) in [6.07, 6.45) is -0.0273. The molecule has 0 amide bonds. The average molecular weight is 246 g/mol. The van der Waals surface area contributed by atoms with Gasteiger partial charge in [-0.25, -0.2) is 4.79 Å². The SMILES string of the molecule is C=C1OC(=O)O[C@]1(C)CC(C)(C)c1ccccc1. The summed E-state index contributed by atoms with van der Waals surface area (Å²) in [6.45, 7) is 9.84. The summed E-state index contributed by atoms with van der Waals surface area (Å²) in [6, 6.07) is 10.1. The number of ether oxygens (including phenoxy) is 2. The van der Waals surface area contributed by atoms with Crippen LogP contribution in [-0.4, -0.2) is 11.8 Å². The summed E-state index contributed by atoms with van der Waals surface area (Å²) >= 11 is 0. The molecule has 1 saturated heterocycles. The van der Waals surface area contributed by atoms with Gasteiger partial charge in [0.25, 0.3) is 0 Å². The first kappa shape index (κ1) is 12.7. The van der Waals surface area contributed by atoms with Gasteiger partial charge in [0.15, 0.2) is 5.60 Å². The molecule has 0 saturated carbocycles. The Morgan fingerprint density at radius 1 is 1.28 bits per heavy atom. The Balaban J connectivity index is 2.23. The lowest BCUT2D eigenvalue weighted by molar-refractivity contribution is 0.0585. The Hall–Kier alpha value is -1.77. The van der Waals surface area contributed by atoms with Crippen molar-refractivity contribution in [3.63, 3.8) is 0 Å². The third kappa shape index (κ3) is 2.26. The quantitative estimate of drug-likeness (QED) is 0.761. The third-order valence-electron chi connectivity index (χ3n) is 3.44. The van der Waals surface area contributed by atoms with E-state index in [2.05, 4.69) is 32.6 Å². The number of benzene rings is 1. The van der Waals surface area contributed by atoms with Crippen LogP contribution in [0.5, 0.6) is 0 Å². The van der Waals surface area contributed by atoms with E-state index in [1.165, 1.54) is 5.56 Å². The minimum Gasteiger partial charge on any atom is -0.419 e. The lowest BCUT2D eigenvalue weighted by Crippen LogP contribution is -2.34. The zero-order valence-electron chi connectivity index (χ0n) is 11.0. The Morgan fingerprint density at radius 3 is 2.39 bits per heavy atom. The second-order valence-electron chi connectivity index (χ2n) is 5.53. The maximum atomic E-state index is 11.2. The van der Waals surface area contributed by atoms with Gasteiger partial charge < -0.3 is 9.47 Å². The Labute approximate surface area is 107 Å². The fourth-order valence-corrected chi connectivity index (χ4v) is 2.44. The smallest absolute Gasteiger partial charge is 0.419 e. The summed E-state index contributed by atoms with van der Waals surface area (Å²) in [5.74, 6) is 0.386. The monoisotopic (exact) mass is 246 g/mol. The highest BCUT2D eigenvalue weighted by molar-refractivity contribution is 5.66. The van der Waals surface area contributed by atoms with Crippen molar-refractivity contribution in [1.82, 2.24) is 0 Å². The molecule has 96 valence electrons. The number of hydrogen-bond acceptors (Lipinski definition) is 3. The van der Waals surface area contributed by atoms with Gasteiger partial charge in [0.2, 0.25) is 0 Å². The largest absolute Gasteiger partial charge is 0.514 e. The summed E-state index contributed by atoms with van der Waals surface area (Å²) in [4.78, 5) is 11.2. The highest BCUT2D eigenvalue weighted by Gasteiger charge is 2.46. The van der Waals surface area contributed by atoms with Crippen LogP contribution in [0.1, 0.15) is 32.8 Å². The van der Waals surface area contributed by atoms with Crippen molar-refractivity contribution in [2.24, 2.45) is 0 Å². The molecule has 1 fully saturated rings. The average Bonchev–Trinajstić information content (AvgIpc) is 2.52. The number of rotatable bonds is 3. The number of cyclic esters (lactones) is 2. The molecule has 0 radical (unpaired) electrons. The van der Waals surface area contributed by atoms with Crippen LogP contribution in [-0.2, 0) is 14.9 Å². The van der Waals surface area contributed by atoms with Crippen LogP contribution in [0.4, 0.5) is 4.79 Å². The maximum absolute atomic E-state index is 11.2. The van der Waals surface area contributed by atoms with E-state index in [4.69, 9.17) is 9.47 Å². The van der Waals surface area contributed by atoms with Crippen molar-refractivity contribution in [1.29, 1.82) is 0 Å². The highest BCUT2D eigenvalue weighted by Crippen LogP contribution is 2.40. The van der Waals surface area contributed by atoms with Crippen molar-refractivity contribution in [2.75, 3.05) is 0 Å². The van der Waals surface area contributed by atoms with Gasteiger partial charge >= 0.3 is 6.16 Å². The molecule has 18 heavy (non-hydrogen) atoms. The summed E-state index contributed by atoms with van der Waals surface area (Å²) in [5, 5.41) is 0. The molecule has 0 N–H and O–H groups in total. The second-order valence-corrected chi connectivity index (χ2v) is 5.53. The van der Waals surface area contributed by atoms with Crippen LogP contribution in [0.2, 0.25) is 0 Å². The minimum atomic E-state index is -0.754. The Bertz CT molecular complexity index is 476. The molecule has 1 aromatic carbocycles. The van der Waals surface area contributed by atoms with Crippen molar-refractivity contribution in [3.8, 4) is 0 Å². The van der Waals surface area contributed by atoms with Gasteiger partial charge in [-0.2, -0.15) is 0 Å². The normalized spacial score (nSPS) is 23.7. The van der Waals surface area contributed by atoms with E-state index in [9.17, 15) is 4.79 Å². The molecule has 1 heterocycles. The molecule has 0 spiro atoms. The van der Waals surface area contributed by atoms with Gasteiger partial charge in [-0.1, -0.05) is 50.8 Å². The molecule has 0 unspecified atom stereocenters. The molecular formula is C15H18O3. The molecule has 1 aliphatic heterocycles. The van der Waals surface area contributed by atoms with Crippen molar-refractivity contribution in [3.05, 3.63) is 48.2 Å². The van der Waals surface area contributed by atoms with Gasteiger partial charge in [0, 0.05) is 6.42 Å². The van der Waals surface area contributed by atoms with E-state index in [0.717, 1.165) is 0 Å². The summed E-state index contributed by atoms with van der Waals surface area (Å²) < 4.78 is 10.2. The lowest BCUT2D eigenvalue weighted by Gasteiger charge is -2.32. The van der Waals surface area contributed by atoms with E-state index < -0.39 is 11.8 Å². The highest BCUT2D eigenvalue weighted by atomic mass is 16.8. The topological polar surface area (TPSA) is 35.5 Å². The van der Waals surface area contributed by atoms with Gasteiger partial charge in [0.05, 0.1) is 0 Å². The van der Waals surface area contributed by atoms with Crippen LogP contribution in [0, 0.1) is 0 Å². The van der Waals surface area contributed by atoms with Gasteiger partial charge in [-0.3, -0.25) is 0 Å². The van der Waals surface area contributed by atoms with Crippen LogP contribution < -0.4 is 0 Å². The predicted molar refractivity (Wildman–Crippen MR) is 69.2 cm³/mol. The van der Waals surface area contributed by atoms with E-state index >= 15 is 0 Å². The van der Waals surface area contributed by atoms with Gasteiger partial charge in [-0.05, 0) is 17.9 Å². The zero-order chi connectivity index (χ0) is 13.4. The molecule has 0 aromatic heterocycles. The fraction of sp³-hybridized carbons (Fsp3) is 0.400. The first-order chi connectivity index (χ1) is 8.33. The lowest BCUT2D eigenvalue weighted by atomic mass is 9.75. The predicted octanol–water partition coefficient (Wildman–Crippen LogP) is 3.79. The Kier molecular flexibility index (Phi) is 2.93. The molecular weight excluding hydrogens is 228 g/mol. The van der Waals surface area contributed by atoms with Gasteiger partial charge in [-0.15, -0.1) is 0 Å². The Morgan fingerprint density at radius 2 is 1.89 bits per heavy atom. The number of carbonyl (C=O) groups is 1. The summed E-state index contributed by atoms with van der Waals surface area (Å²) in [7, 11) is 0. The first-order valence-electron chi connectivity index (χ1n) is 5.99. The zero-order valence-corrected chi connectivity index (χ0v) is 11.0. The first-order valence-corrected chi connectivity index (χ1v) is 5.99. The molecule has 1 aliphatic rings. The molecule has 1 aromatic rings. The van der Waals surface area contributed by atoms with Crippen molar-refractivity contribution < 1.29 is 14.3 Å². The fourth-order valence-electron chi connectivity index (χ4n) is 2.44. The van der Waals surface area contributed by atoms with Crippen LogP contribution in [0.15, 0.2) is 42.7 Å². The molecule has 0 bridgehead atoms. The van der Waals surface area contributed by atoms with E-state index in [0.29, 0.717) is 12.2 Å². The van der Waals surface area contributed by atoms with E-state index in [1.54, 1.807) is 0 Å². The standard InChI is InChI=1S/C15H18O3/c1-11-15(4,18-13(16)17-11)10-14(2,3)12-8-6-5-7-9-12/h5-9H,1,10H2,2-4H3/t15-/m1/s1. The van der Waals surface area contributed by atoms with Crippen LogP contribution in [0.25, 0.3) is 0 Å². The molecule has 0 aliphatic carbocycles. The van der Waals surface area contributed by atoms with Crippen molar-refractivity contribution >= 4 is 6.16 Å². The maximum Gasteiger partial charge on any atom is 0.514 e. The molecule has 1 atom stereocenters. The van der Waals surface area contributed by atoms with E-state index in [-0.39, 0.29) is 5.41 Å². The second kappa shape index (κ2) is 4.16. The molecule has 3 heteroatoms. The molecule has 2 rings (SSSR count). The minimum absolute atomic E-state index is 0.132. The van der Waals surface area contributed by atoms with E-state index in [1.807, 2.05) is 25.1 Å². The van der Waals surface area contributed by atoms with Crippen LogP contribution >= 0.6 is 0 Å². The summed E-state index contributed by atoms with van der Waals surface area (Å²) in [5.41, 5.74) is 0.311. The molecule has 3 nitrogen and oxygen atoms in total.